The molecular formula is C24H18N2O5. The van der Waals surface area contributed by atoms with E-state index < -0.39 is 0 Å². The maximum atomic E-state index is 11.1. The SMILES string of the molecule is C=C(C=O)Cc1cnc(Oc2ccc3c(c2)OCO3)c(C#N)c1-c1ccc(OC)cc1. The normalized spacial score (nSPS) is 11.5. The van der Waals surface area contributed by atoms with E-state index in [9.17, 15) is 10.1 Å². The molecule has 0 N–H and O–H groups in total. The number of ether oxygens (including phenoxy) is 4. The number of rotatable bonds is 7. The van der Waals surface area contributed by atoms with Crippen molar-refractivity contribution in [2.24, 2.45) is 0 Å². The average molecular weight is 414 g/mol. The number of carbonyl (C=O) groups excluding carboxylic acids is 1. The minimum atomic E-state index is 0.146. The molecule has 31 heavy (non-hydrogen) atoms. The zero-order chi connectivity index (χ0) is 21.8. The Morgan fingerprint density at radius 3 is 2.65 bits per heavy atom. The van der Waals surface area contributed by atoms with Crippen LogP contribution in [-0.2, 0) is 11.2 Å². The molecule has 0 unspecified atom stereocenters. The fourth-order valence-corrected chi connectivity index (χ4v) is 3.27. The van der Waals surface area contributed by atoms with Gasteiger partial charge in [0.1, 0.15) is 29.4 Å². The lowest BCUT2D eigenvalue weighted by Gasteiger charge is -2.15. The Labute approximate surface area is 179 Å². The van der Waals surface area contributed by atoms with Crippen LogP contribution in [0, 0.1) is 11.3 Å². The van der Waals surface area contributed by atoms with Gasteiger partial charge in [0.2, 0.25) is 12.7 Å². The summed E-state index contributed by atoms with van der Waals surface area (Å²) < 4.78 is 21.9. The first-order valence-electron chi connectivity index (χ1n) is 9.39. The minimum absolute atomic E-state index is 0.146. The quantitative estimate of drug-likeness (QED) is 0.417. The van der Waals surface area contributed by atoms with Crippen molar-refractivity contribution in [2.45, 2.75) is 6.42 Å². The Hall–Kier alpha value is -4.31. The average Bonchev–Trinajstić information content (AvgIpc) is 3.27. The van der Waals surface area contributed by atoms with E-state index in [0.717, 1.165) is 5.56 Å². The van der Waals surface area contributed by atoms with E-state index in [-0.39, 0.29) is 24.7 Å². The van der Waals surface area contributed by atoms with Crippen molar-refractivity contribution < 1.29 is 23.7 Å². The standard InChI is InChI=1S/C24H18N2O5/c1-15(13-27)9-17-12-26-24(31-19-7-8-21-22(10-19)30-14-29-21)20(11-25)23(17)16-3-5-18(28-2)6-4-16/h3-8,10,12-13H,1,9,14H2,2H3. The van der Waals surface area contributed by atoms with E-state index in [1.807, 2.05) is 12.1 Å². The van der Waals surface area contributed by atoms with Crippen LogP contribution in [0.25, 0.3) is 11.1 Å². The van der Waals surface area contributed by atoms with Crippen molar-refractivity contribution in [1.82, 2.24) is 4.98 Å². The van der Waals surface area contributed by atoms with Crippen molar-refractivity contribution in [3.05, 3.63) is 71.9 Å². The summed E-state index contributed by atoms with van der Waals surface area (Å²) in [5.41, 5.74) is 2.71. The van der Waals surface area contributed by atoms with E-state index in [0.29, 0.717) is 46.0 Å². The van der Waals surface area contributed by atoms with Crippen molar-refractivity contribution in [3.63, 3.8) is 0 Å². The van der Waals surface area contributed by atoms with E-state index in [1.165, 1.54) is 0 Å². The molecule has 1 aliphatic heterocycles. The molecule has 0 bridgehead atoms. The van der Waals surface area contributed by atoms with Gasteiger partial charge in [-0.25, -0.2) is 4.98 Å². The van der Waals surface area contributed by atoms with Gasteiger partial charge in [0.05, 0.1) is 7.11 Å². The van der Waals surface area contributed by atoms with E-state index in [1.54, 1.807) is 43.6 Å². The van der Waals surface area contributed by atoms with E-state index in [4.69, 9.17) is 18.9 Å². The molecule has 0 radical (unpaired) electrons. The number of nitriles is 1. The van der Waals surface area contributed by atoms with Gasteiger partial charge in [0, 0.05) is 24.2 Å². The molecule has 0 aliphatic carbocycles. The fourth-order valence-electron chi connectivity index (χ4n) is 3.27. The molecule has 2 aromatic carbocycles. The molecule has 0 atom stereocenters. The molecule has 7 heteroatoms. The van der Waals surface area contributed by atoms with Crippen molar-refractivity contribution in [3.8, 4) is 46.1 Å². The van der Waals surface area contributed by atoms with Gasteiger partial charge in [-0.3, -0.25) is 4.79 Å². The van der Waals surface area contributed by atoms with Crippen LogP contribution in [0.15, 0.2) is 60.8 Å². The largest absolute Gasteiger partial charge is 0.497 e. The third kappa shape index (κ3) is 4.05. The van der Waals surface area contributed by atoms with Crippen LogP contribution in [0.5, 0.6) is 28.9 Å². The molecule has 0 fully saturated rings. The summed E-state index contributed by atoms with van der Waals surface area (Å²) in [6.45, 7) is 3.90. The second-order valence-electron chi connectivity index (χ2n) is 6.75. The van der Waals surface area contributed by atoms with Gasteiger partial charge >= 0.3 is 0 Å². The maximum absolute atomic E-state index is 11.1. The van der Waals surface area contributed by atoms with Crippen LogP contribution in [-0.4, -0.2) is 25.2 Å². The van der Waals surface area contributed by atoms with Crippen LogP contribution in [0.1, 0.15) is 11.1 Å². The first-order valence-corrected chi connectivity index (χ1v) is 9.39. The van der Waals surface area contributed by atoms with Gasteiger partial charge in [-0.05, 0) is 41.0 Å². The highest BCUT2D eigenvalue weighted by molar-refractivity contribution is 5.79. The Bertz CT molecular complexity index is 1200. The summed E-state index contributed by atoms with van der Waals surface area (Å²) in [6, 6.07) is 14.6. The first-order chi connectivity index (χ1) is 15.1. The molecule has 0 spiro atoms. The Kier molecular flexibility index (Phi) is 5.54. The van der Waals surface area contributed by atoms with Crippen molar-refractivity contribution in [2.75, 3.05) is 13.9 Å². The number of hydrogen-bond donors (Lipinski definition) is 0. The molecule has 7 nitrogen and oxygen atoms in total. The number of pyridine rings is 1. The number of benzene rings is 2. The lowest BCUT2D eigenvalue weighted by atomic mass is 9.93. The predicted octanol–water partition coefficient (Wildman–Crippen LogP) is 4.45. The number of aromatic nitrogens is 1. The summed E-state index contributed by atoms with van der Waals surface area (Å²) in [5.74, 6) is 2.48. The number of nitrogens with zero attached hydrogens (tertiary/aromatic N) is 2. The molecule has 0 amide bonds. The van der Waals surface area contributed by atoms with Gasteiger partial charge < -0.3 is 18.9 Å². The second kappa shape index (κ2) is 8.59. The number of carbonyl (C=O) groups is 1. The van der Waals surface area contributed by atoms with Crippen LogP contribution in [0.4, 0.5) is 0 Å². The monoisotopic (exact) mass is 414 g/mol. The topological polar surface area (TPSA) is 90.7 Å². The van der Waals surface area contributed by atoms with Crippen molar-refractivity contribution in [1.29, 1.82) is 5.26 Å². The molecule has 0 saturated heterocycles. The van der Waals surface area contributed by atoms with Gasteiger partial charge in [0.15, 0.2) is 11.5 Å². The second-order valence-corrected chi connectivity index (χ2v) is 6.75. The number of hydrogen-bond acceptors (Lipinski definition) is 7. The van der Waals surface area contributed by atoms with Crippen molar-refractivity contribution >= 4 is 6.29 Å². The minimum Gasteiger partial charge on any atom is -0.497 e. The molecule has 1 aliphatic rings. The van der Waals surface area contributed by atoms with E-state index >= 15 is 0 Å². The predicted molar refractivity (Wildman–Crippen MR) is 112 cm³/mol. The summed E-state index contributed by atoms with van der Waals surface area (Å²) >= 11 is 0. The number of aldehydes is 1. The summed E-state index contributed by atoms with van der Waals surface area (Å²) in [4.78, 5) is 15.5. The lowest BCUT2D eigenvalue weighted by molar-refractivity contribution is -0.104. The number of fused-ring (bicyclic) bond motifs is 1. The Morgan fingerprint density at radius 2 is 1.94 bits per heavy atom. The Balaban J connectivity index is 1.80. The smallest absolute Gasteiger partial charge is 0.237 e. The Morgan fingerprint density at radius 1 is 1.19 bits per heavy atom. The number of methoxy groups -OCH3 is 1. The molecule has 2 heterocycles. The third-order valence-electron chi connectivity index (χ3n) is 4.76. The zero-order valence-corrected chi connectivity index (χ0v) is 16.8. The summed E-state index contributed by atoms with van der Waals surface area (Å²) in [7, 11) is 1.58. The van der Waals surface area contributed by atoms with Gasteiger partial charge in [0.25, 0.3) is 0 Å². The van der Waals surface area contributed by atoms with Gasteiger partial charge in [-0.1, -0.05) is 18.7 Å². The molecule has 1 aromatic heterocycles. The molecule has 0 saturated carbocycles. The molecule has 4 rings (SSSR count). The van der Waals surface area contributed by atoms with Crippen LogP contribution < -0.4 is 18.9 Å². The maximum Gasteiger partial charge on any atom is 0.237 e. The summed E-state index contributed by atoms with van der Waals surface area (Å²) in [6.07, 6.45) is 2.55. The molecular weight excluding hydrogens is 396 g/mol. The lowest BCUT2D eigenvalue weighted by Crippen LogP contribution is -2.02. The van der Waals surface area contributed by atoms with E-state index in [2.05, 4.69) is 17.6 Å². The first kappa shape index (κ1) is 20.0. The zero-order valence-electron chi connectivity index (χ0n) is 16.8. The van der Waals surface area contributed by atoms with Crippen LogP contribution >= 0.6 is 0 Å². The highest BCUT2D eigenvalue weighted by Gasteiger charge is 2.20. The molecule has 154 valence electrons. The van der Waals surface area contributed by atoms with Crippen LogP contribution in [0.2, 0.25) is 0 Å². The third-order valence-corrected chi connectivity index (χ3v) is 4.76. The highest BCUT2D eigenvalue weighted by Crippen LogP contribution is 2.39. The number of allylic oxidation sites excluding steroid dienone is 1. The molecule has 3 aromatic rings. The summed E-state index contributed by atoms with van der Waals surface area (Å²) in [5, 5.41) is 9.98. The van der Waals surface area contributed by atoms with Gasteiger partial charge in [-0.2, -0.15) is 5.26 Å². The van der Waals surface area contributed by atoms with Gasteiger partial charge in [-0.15, -0.1) is 0 Å². The fraction of sp³-hybridized carbons (Fsp3) is 0.125. The van der Waals surface area contributed by atoms with Crippen LogP contribution in [0.3, 0.4) is 0 Å². The highest BCUT2D eigenvalue weighted by atomic mass is 16.7.